The lowest BCUT2D eigenvalue weighted by Gasteiger charge is -2.15. The molecule has 1 heterocycles. The number of rotatable bonds is 7. The van der Waals surface area contributed by atoms with Gasteiger partial charge in [0.2, 0.25) is 0 Å². The van der Waals surface area contributed by atoms with E-state index in [1.807, 2.05) is 39.0 Å². The maximum atomic E-state index is 12.9. The van der Waals surface area contributed by atoms with Crippen LogP contribution in [0.5, 0.6) is 0 Å². The van der Waals surface area contributed by atoms with Crippen molar-refractivity contribution in [2.45, 2.75) is 33.6 Å². The van der Waals surface area contributed by atoms with E-state index in [4.69, 9.17) is 16.3 Å². The number of nitrogens with one attached hydrogen (secondary N) is 1. The lowest BCUT2D eigenvalue weighted by Crippen LogP contribution is -2.32. The van der Waals surface area contributed by atoms with E-state index in [1.165, 1.54) is 24.3 Å². The minimum absolute atomic E-state index is 0.0213. The average molecular weight is 427 g/mol. The zero-order chi connectivity index (χ0) is 21.8. The lowest BCUT2D eigenvalue weighted by molar-refractivity contribution is -0.120. The van der Waals surface area contributed by atoms with Crippen LogP contribution in [-0.2, 0) is 14.3 Å². The van der Waals surface area contributed by atoms with E-state index >= 15 is 0 Å². The third-order valence-corrected chi connectivity index (χ3v) is 5.25. The molecule has 0 bridgehead atoms. The number of ether oxygens (including phenoxy) is 1. The van der Waals surface area contributed by atoms with Crippen LogP contribution in [0.2, 0.25) is 0 Å². The molecule has 1 aliphatic heterocycles. The standard InChI is InChI=1S/C23H23ClN2O4/c1-4-5-12-30-23(29)16-7-10-18(11-8-16)26-21(27)19(24)20(22(26)28)25-17-9-6-14(2)15(3)13-17/h6-11,13,25H,4-5,12H2,1-3H3. The van der Waals surface area contributed by atoms with Crippen LogP contribution in [0.4, 0.5) is 11.4 Å². The molecule has 156 valence electrons. The number of halogens is 1. The zero-order valence-corrected chi connectivity index (χ0v) is 17.9. The Hall–Kier alpha value is -3.12. The van der Waals surface area contributed by atoms with Crippen LogP contribution in [-0.4, -0.2) is 24.4 Å². The third kappa shape index (κ3) is 4.39. The first-order valence-corrected chi connectivity index (χ1v) is 10.1. The molecule has 7 heteroatoms. The van der Waals surface area contributed by atoms with E-state index in [0.29, 0.717) is 23.5 Å². The Balaban J connectivity index is 1.76. The molecule has 1 aliphatic rings. The molecule has 0 saturated heterocycles. The van der Waals surface area contributed by atoms with Crippen molar-refractivity contribution in [3.63, 3.8) is 0 Å². The van der Waals surface area contributed by atoms with E-state index in [1.54, 1.807) is 0 Å². The second kappa shape index (κ2) is 9.13. The fourth-order valence-corrected chi connectivity index (χ4v) is 3.16. The highest BCUT2D eigenvalue weighted by Gasteiger charge is 2.39. The summed E-state index contributed by atoms with van der Waals surface area (Å²) in [6.45, 7) is 6.31. The van der Waals surface area contributed by atoms with Crippen molar-refractivity contribution in [2.75, 3.05) is 16.8 Å². The zero-order valence-electron chi connectivity index (χ0n) is 17.1. The van der Waals surface area contributed by atoms with E-state index in [9.17, 15) is 14.4 Å². The summed E-state index contributed by atoms with van der Waals surface area (Å²) in [6.07, 6.45) is 1.72. The molecule has 0 spiro atoms. The molecule has 0 atom stereocenters. The summed E-state index contributed by atoms with van der Waals surface area (Å²) in [4.78, 5) is 38.5. The maximum Gasteiger partial charge on any atom is 0.338 e. The number of aryl methyl sites for hydroxylation is 2. The molecule has 0 aliphatic carbocycles. The molecular weight excluding hydrogens is 404 g/mol. The Labute approximate surface area is 180 Å². The molecule has 30 heavy (non-hydrogen) atoms. The van der Waals surface area contributed by atoms with Crippen LogP contribution < -0.4 is 10.2 Å². The third-order valence-electron chi connectivity index (χ3n) is 4.90. The summed E-state index contributed by atoms with van der Waals surface area (Å²) in [5, 5.41) is 2.78. The molecule has 2 aromatic rings. The quantitative estimate of drug-likeness (QED) is 0.394. The molecule has 0 saturated carbocycles. The second-order valence-corrected chi connectivity index (χ2v) is 7.47. The molecule has 0 radical (unpaired) electrons. The van der Waals surface area contributed by atoms with Gasteiger partial charge < -0.3 is 10.1 Å². The summed E-state index contributed by atoms with van der Waals surface area (Å²) in [7, 11) is 0. The van der Waals surface area contributed by atoms with Gasteiger partial charge in [0.1, 0.15) is 10.7 Å². The first-order chi connectivity index (χ1) is 14.3. The van der Waals surface area contributed by atoms with Crippen molar-refractivity contribution in [2.24, 2.45) is 0 Å². The Bertz CT molecular complexity index is 1030. The number of carbonyl (C=O) groups excluding carboxylic acids is 3. The SMILES string of the molecule is CCCCOC(=O)c1ccc(N2C(=O)C(Cl)=C(Nc3ccc(C)c(C)c3)C2=O)cc1. The molecule has 0 unspecified atom stereocenters. The first-order valence-electron chi connectivity index (χ1n) is 9.73. The van der Waals surface area contributed by atoms with Crippen LogP contribution in [0.25, 0.3) is 0 Å². The highest BCUT2D eigenvalue weighted by molar-refractivity contribution is 6.53. The predicted molar refractivity (Wildman–Crippen MR) is 117 cm³/mol. The summed E-state index contributed by atoms with van der Waals surface area (Å²) in [6, 6.07) is 11.7. The first kappa shape index (κ1) is 21.6. The van der Waals surface area contributed by atoms with Crippen LogP contribution in [0.3, 0.4) is 0 Å². The number of carbonyl (C=O) groups is 3. The van der Waals surface area contributed by atoms with Crippen molar-refractivity contribution in [3.8, 4) is 0 Å². The molecule has 6 nitrogen and oxygen atoms in total. The van der Waals surface area contributed by atoms with Crippen molar-refractivity contribution >= 4 is 40.8 Å². The van der Waals surface area contributed by atoms with E-state index in [2.05, 4.69) is 5.32 Å². The fraction of sp³-hybridized carbons (Fsp3) is 0.261. The number of imide groups is 1. The number of anilines is 2. The van der Waals surface area contributed by atoms with Gasteiger partial charge in [0, 0.05) is 5.69 Å². The van der Waals surface area contributed by atoms with Crippen LogP contribution in [0.1, 0.15) is 41.3 Å². The molecule has 3 rings (SSSR count). The predicted octanol–water partition coefficient (Wildman–Crippen LogP) is 4.70. The fourth-order valence-electron chi connectivity index (χ4n) is 2.95. The summed E-state index contributed by atoms with van der Waals surface area (Å²) >= 11 is 6.17. The van der Waals surface area contributed by atoms with Gasteiger partial charge in [-0.15, -0.1) is 0 Å². The van der Waals surface area contributed by atoms with E-state index in [0.717, 1.165) is 28.9 Å². The van der Waals surface area contributed by atoms with Gasteiger partial charge in [-0.2, -0.15) is 0 Å². The average Bonchev–Trinajstić information content (AvgIpc) is 2.94. The largest absolute Gasteiger partial charge is 0.462 e. The topological polar surface area (TPSA) is 75.7 Å². The number of esters is 1. The van der Waals surface area contributed by atoms with Gasteiger partial charge in [0.15, 0.2) is 0 Å². The monoisotopic (exact) mass is 426 g/mol. The van der Waals surface area contributed by atoms with Gasteiger partial charge in [0.25, 0.3) is 11.8 Å². The lowest BCUT2D eigenvalue weighted by atomic mass is 10.1. The van der Waals surface area contributed by atoms with Crippen molar-refractivity contribution < 1.29 is 19.1 Å². The highest BCUT2D eigenvalue weighted by Crippen LogP contribution is 2.30. The maximum absolute atomic E-state index is 12.9. The van der Waals surface area contributed by atoms with Crippen LogP contribution in [0, 0.1) is 13.8 Å². The summed E-state index contributed by atoms with van der Waals surface area (Å²) < 4.78 is 5.17. The van der Waals surface area contributed by atoms with Crippen molar-refractivity contribution in [3.05, 3.63) is 69.9 Å². The highest BCUT2D eigenvalue weighted by atomic mass is 35.5. The Morgan fingerprint density at radius 2 is 1.73 bits per heavy atom. The molecular formula is C23H23ClN2O4. The Kier molecular flexibility index (Phi) is 6.57. The van der Waals surface area contributed by atoms with Gasteiger partial charge >= 0.3 is 5.97 Å². The van der Waals surface area contributed by atoms with Gasteiger partial charge in [-0.3, -0.25) is 9.59 Å². The second-order valence-electron chi connectivity index (χ2n) is 7.10. The molecule has 2 aromatic carbocycles. The van der Waals surface area contributed by atoms with E-state index in [-0.39, 0.29) is 10.7 Å². The number of hydrogen-bond donors (Lipinski definition) is 1. The number of nitrogens with zero attached hydrogens (tertiary/aromatic N) is 1. The normalized spacial score (nSPS) is 13.8. The smallest absolute Gasteiger partial charge is 0.338 e. The van der Waals surface area contributed by atoms with Gasteiger partial charge in [-0.1, -0.05) is 31.0 Å². The van der Waals surface area contributed by atoms with Gasteiger partial charge in [-0.05, 0) is 67.8 Å². The summed E-state index contributed by atoms with van der Waals surface area (Å²) in [5.41, 5.74) is 3.52. The number of benzene rings is 2. The number of amides is 2. The van der Waals surface area contributed by atoms with Crippen molar-refractivity contribution in [1.82, 2.24) is 0 Å². The minimum Gasteiger partial charge on any atom is -0.462 e. The van der Waals surface area contributed by atoms with Gasteiger partial charge in [0.05, 0.1) is 17.9 Å². The summed E-state index contributed by atoms with van der Waals surface area (Å²) in [5.74, 6) is -1.62. The van der Waals surface area contributed by atoms with E-state index < -0.39 is 17.8 Å². The van der Waals surface area contributed by atoms with Crippen LogP contribution in [0.15, 0.2) is 53.2 Å². The molecule has 1 N–H and O–H groups in total. The molecule has 0 aromatic heterocycles. The number of unbranched alkanes of at least 4 members (excludes halogenated alkanes) is 1. The van der Waals surface area contributed by atoms with Crippen molar-refractivity contribution in [1.29, 1.82) is 0 Å². The molecule has 0 fully saturated rings. The Morgan fingerprint density at radius 3 is 2.37 bits per heavy atom. The minimum atomic E-state index is -0.619. The van der Waals surface area contributed by atoms with Gasteiger partial charge in [-0.25, -0.2) is 9.69 Å². The number of hydrogen-bond acceptors (Lipinski definition) is 5. The Morgan fingerprint density at radius 1 is 1.03 bits per heavy atom. The van der Waals surface area contributed by atoms with Crippen LogP contribution >= 0.6 is 11.6 Å². The molecule has 2 amide bonds.